The minimum Gasteiger partial charge on any atom is -0.494 e. The lowest BCUT2D eigenvalue weighted by Gasteiger charge is -2.16. The number of hydrogen-bond acceptors (Lipinski definition) is 7. The van der Waals surface area contributed by atoms with Gasteiger partial charge in [0.15, 0.2) is 5.75 Å². The van der Waals surface area contributed by atoms with E-state index >= 15 is 0 Å². The van der Waals surface area contributed by atoms with Crippen molar-refractivity contribution in [3.8, 4) is 17.2 Å². The van der Waals surface area contributed by atoms with Gasteiger partial charge >= 0.3 is 5.97 Å². The van der Waals surface area contributed by atoms with Crippen LogP contribution in [0.3, 0.4) is 0 Å². The molecule has 8 nitrogen and oxygen atoms in total. The Morgan fingerprint density at radius 3 is 1.56 bits per heavy atom. The number of rotatable bonds is 35. The van der Waals surface area contributed by atoms with E-state index in [0.29, 0.717) is 43.6 Å². The quantitative estimate of drug-likeness (QED) is 0.0366. The molecule has 0 heterocycles. The first-order valence-electron chi connectivity index (χ1n) is 24.0. The lowest BCUT2D eigenvalue weighted by molar-refractivity contribution is 0.0696. The Morgan fingerprint density at radius 2 is 1.00 bits per heavy atom. The molecule has 0 spiro atoms. The molecule has 4 aromatic rings. The Bertz CT molecular complexity index is 1810. The Labute approximate surface area is 373 Å². The highest BCUT2D eigenvalue weighted by atomic mass is 16.5. The van der Waals surface area contributed by atoms with Gasteiger partial charge in [-0.3, -0.25) is 0 Å². The maximum Gasteiger partial charge on any atom is 0.335 e. The smallest absolute Gasteiger partial charge is 0.335 e. The van der Waals surface area contributed by atoms with Crippen LogP contribution in [0.2, 0.25) is 0 Å². The molecule has 0 unspecified atom stereocenters. The number of hydrogen-bond donors (Lipinski definition) is 1. The second-order valence-corrected chi connectivity index (χ2v) is 16.7. The second-order valence-electron chi connectivity index (χ2n) is 16.7. The van der Waals surface area contributed by atoms with E-state index in [1.165, 1.54) is 115 Å². The van der Waals surface area contributed by atoms with Crippen LogP contribution in [0.4, 0.5) is 11.4 Å². The molecule has 0 aromatic heterocycles. The third-order valence-corrected chi connectivity index (χ3v) is 11.4. The molecule has 1 N–H and O–H groups in total. The number of carboxylic acid groups (broad SMARTS) is 1. The molecule has 8 heteroatoms. The molecule has 0 fully saturated rings. The van der Waals surface area contributed by atoms with Crippen molar-refractivity contribution in [2.45, 2.75) is 169 Å². The van der Waals surface area contributed by atoms with Crippen LogP contribution in [0.25, 0.3) is 0 Å². The molecule has 62 heavy (non-hydrogen) atoms. The SMILES string of the molecule is CCCCCCCCCCCCOc1ccc(COCCc2ccc(N=Nc3ccc(OCc4ccc(C(=O)O)cc4)c(C)c3OCCCCCCCCCCCC)cc2)cc1. The third kappa shape index (κ3) is 20.5. The fourth-order valence-electron chi connectivity index (χ4n) is 7.43. The van der Waals surface area contributed by atoms with Crippen molar-refractivity contribution in [3.05, 3.63) is 113 Å². The molecule has 0 atom stereocenters. The first-order chi connectivity index (χ1) is 30.5. The minimum absolute atomic E-state index is 0.249. The molecule has 0 aliphatic heterocycles. The van der Waals surface area contributed by atoms with Crippen molar-refractivity contribution in [1.82, 2.24) is 0 Å². The van der Waals surface area contributed by atoms with Gasteiger partial charge in [-0.25, -0.2) is 4.79 Å². The van der Waals surface area contributed by atoms with Gasteiger partial charge in [0, 0.05) is 5.56 Å². The Morgan fingerprint density at radius 1 is 0.500 bits per heavy atom. The van der Waals surface area contributed by atoms with E-state index < -0.39 is 5.97 Å². The Balaban J connectivity index is 1.20. The fourth-order valence-corrected chi connectivity index (χ4v) is 7.43. The highest BCUT2D eigenvalue weighted by Crippen LogP contribution is 2.38. The van der Waals surface area contributed by atoms with Crippen LogP contribution in [0, 0.1) is 6.92 Å². The highest BCUT2D eigenvalue weighted by molar-refractivity contribution is 5.87. The first kappa shape index (κ1) is 50.0. The summed E-state index contributed by atoms with van der Waals surface area (Å²) < 4.78 is 24.6. The van der Waals surface area contributed by atoms with E-state index in [9.17, 15) is 9.90 Å². The van der Waals surface area contributed by atoms with Crippen LogP contribution >= 0.6 is 0 Å². The zero-order valence-electron chi connectivity index (χ0n) is 38.4. The summed E-state index contributed by atoms with van der Waals surface area (Å²) >= 11 is 0. The average molecular weight is 849 g/mol. The van der Waals surface area contributed by atoms with Gasteiger partial charge in [0.1, 0.15) is 23.8 Å². The third-order valence-electron chi connectivity index (χ3n) is 11.4. The van der Waals surface area contributed by atoms with Crippen molar-refractivity contribution in [3.63, 3.8) is 0 Å². The molecule has 0 aliphatic carbocycles. The van der Waals surface area contributed by atoms with Gasteiger partial charge in [-0.05, 0) is 91.4 Å². The predicted octanol–water partition coefficient (Wildman–Crippen LogP) is 16.0. The van der Waals surface area contributed by atoms with Gasteiger partial charge < -0.3 is 24.1 Å². The van der Waals surface area contributed by atoms with Crippen molar-refractivity contribution >= 4 is 17.3 Å². The molecular weight excluding hydrogens is 773 g/mol. The lowest BCUT2D eigenvalue weighted by atomic mass is 10.1. The fraction of sp³-hybridized carbons (Fsp3) is 0.537. The summed E-state index contributed by atoms with van der Waals surface area (Å²) in [5.41, 5.74) is 5.71. The summed E-state index contributed by atoms with van der Waals surface area (Å²) in [6.45, 7) is 9.38. The summed E-state index contributed by atoms with van der Waals surface area (Å²) in [6, 6.07) is 26.9. The summed E-state index contributed by atoms with van der Waals surface area (Å²) in [4.78, 5) is 11.3. The molecule has 4 rings (SSSR count). The second kappa shape index (κ2) is 31.2. The summed E-state index contributed by atoms with van der Waals surface area (Å²) in [6.07, 6.45) is 26.7. The van der Waals surface area contributed by atoms with Gasteiger partial charge in [0.05, 0.1) is 37.7 Å². The Kier molecular flexibility index (Phi) is 25.1. The number of unbranched alkanes of at least 4 members (excludes halogenated alkanes) is 18. The van der Waals surface area contributed by atoms with Gasteiger partial charge in [0.25, 0.3) is 0 Å². The zero-order chi connectivity index (χ0) is 43.9. The molecule has 0 amide bonds. The van der Waals surface area contributed by atoms with E-state index in [0.717, 1.165) is 60.4 Å². The van der Waals surface area contributed by atoms with E-state index in [-0.39, 0.29) is 5.56 Å². The molecule has 0 radical (unpaired) electrons. The topological polar surface area (TPSA) is 98.9 Å². The van der Waals surface area contributed by atoms with Crippen molar-refractivity contribution in [2.75, 3.05) is 19.8 Å². The van der Waals surface area contributed by atoms with Crippen molar-refractivity contribution < 1.29 is 28.8 Å². The molecule has 0 bridgehead atoms. The predicted molar refractivity (Wildman–Crippen MR) is 254 cm³/mol. The maximum atomic E-state index is 11.3. The number of carboxylic acids is 1. The van der Waals surface area contributed by atoms with Crippen LogP contribution in [0.5, 0.6) is 17.2 Å². The van der Waals surface area contributed by atoms with Crippen LogP contribution < -0.4 is 14.2 Å². The average Bonchev–Trinajstić information content (AvgIpc) is 3.29. The molecule has 338 valence electrons. The summed E-state index contributed by atoms with van der Waals surface area (Å²) in [7, 11) is 0. The molecule has 0 saturated carbocycles. The van der Waals surface area contributed by atoms with Crippen LogP contribution in [-0.2, 0) is 24.4 Å². The number of carbonyl (C=O) groups is 1. The van der Waals surface area contributed by atoms with E-state index in [1.54, 1.807) is 24.3 Å². The van der Waals surface area contributed by atoms with Crippen LogP contribution in [-0.4, -0.2) is 30.9 Å². The van der Waals surface area contributed by atoms with Crippen LogP contribution in [0.15, 0.2) is 95.2 Å². The maximum absolute atomic E-state index is 11.3. The van der Waals surface area contributed by atoms with Gasteiger partial charge in [-0.1, -0.05) is 166 Å². The standard InChI is InChI=1S/C54H76N2O6/c1-4-6-8-10-12-14-16-18-20-22-39-60-50-34-28-46(29-35-50)42-59-41-38-45-26-32-49(33-27-45)55-56-51-36-37-52(62-43-47-24-30-48(31-25-47)54(57)58)44(3)53(51)61-40-23-21-19-17-15-13-11-9-7-5-2/h24-37H,4-23,38-43H2,1-3H3,(H,57,58). The Hall–Kier alpha value is -4.69. The van der Waals surface area contributed by atoms with E-state index in [2.05, 4.69) is 48.3 Å². The van der Waals surface area contributed by atoms with Gasteiger partial charge in [-0.15, -0.1) is 5.11 Å². The van der Waals surface area contributed by atoms with Crippen molar-refractivity contribution in [1.29, 1.82) is 0 Å². The normalized spacial score (nSPS) is 11.3. The zero-order valence-corrected chi connectivity index (χ0v) is 38.4. The number of nitrogens with zero attached hydrogens (tertiary/aromatic N) is 2. The number of benzene rings is 4. The largest absolute Gasteiger partial charge is 0.494 e. The molecule has 4 aromatic carbocycles. The van der Waals surface area contributed by atoms with Crippen molar-refractivity contribution in [2.24, 2.45) is 10.2 Å². The van der Waals surface area contributed by atoms with E-state index in [1.807, 2.05) is 43.3 Å². The number of aromatic carboxylic acids is 1. The molecule has 0 aliphatic rings. The van der Waals surface area contributed by atoms with Gasteiger partial charge in [-0.2, -0.15) is 5.11 Å². The monoisotopic (exact) mass is 849 g/mol. The summed E-state index contributed by atoms with van der Waals surface area (Å²) in [5.74, 6) is 1.34. The number of ether oxygens (including phenoxy) is 4. The lowest BCUT2D eigenvalue weighted by Crippen LogP contribution is -2.03. The number of azo groups is 1. The van der Waals surface area contributed by atoms with E-state index in [4.69, 9.17) is 18.9 Å². The highest BCUT2D eigenvalue weighted by Gasteiger charge is 2.14. The summed E-state index contributed by atoms with van der Waals surface area (Å²) in [5, 5.41) is 18.5. The minimum atomic E-state index is -0.947. The van der Waals surface area contributed by atoms with Crippen LogP contribution in [0.1, 0.15) is 175 Å². The molecular formula is C54H76N2O6. The molecule has 0 saturated heterocycles. The van der Waals surface area contributed by atoms with Gasteiger partial charge in [0.2, 0.25) is 0 Å². The first-order valence-corrected chi connectivity index (χ1v) is 24.0.